The maximum atomic E-state index is 12.7. The van der Waals surface area contributed by atoms with Gasteiger partial charge in [0.2, 0.25) is 0 Å². The number of aliphatic hydroxyl groups is 1. The summed E-state index contributed by atoms with van der Waals surface area (Å²) in [6, 6.07) is 9.90. The molecule has 114 valence electrons. The van der Waals surface area contributed by atoms with Gasteiger partial charge in [-0.05, 0) is 48.9 Å². The SMILES string of the molecule is CCn1c(-c2ccc(OC)cc2)ccc1[C@H](O)C(F)(F)F. The zero-order chi connectivity index (χ0) is 15.6. The predicted octanol–water partition coefficient (Wildman–Crippen LogP) is 3.78. The summed E-state index contributed by atoms with van der Waals surface area (Å²) in [5, 5.41) is 9.45. The Morgan fingerprint density at radius 3 is 2.24 bits per heavy atom. The molecule has 2 rings (SSSR count). The van der Waals surface area contributed by atoms with Gasteiger partial charge in [0.15, 0.2) is 6.10 Å². The van der Waals surface area contributed by atoms with E-state index in [-0.39, 0.29) is 5.69 Å². The van der Waals surface area contributed by atoms with Crippen LogP contribution in [0.5, 0.6) is 5.75 Å². The lowest BCUT2D eigenvalue weighted by Gasteiger charge is -2.18. The smallest absolute Gasteiger partial charge is 0.420 e. The Balaban J connectivity index is 2.43. The van der Waals surface area contributed by atoms with Gasteiger partial charge in [-0.2, -0.15) is 13.2 Å². The number of methoxy groups -OCH3 is 1. The summed E-state index contributed by atoms with van der Waals surface area (Å²) >= 11 is 0. The molecule has 0 aliphatic heterocycles. The molecule has 3 nitrogen and oxygen atoms in total. The molecule has 0 aliphatic carbocycles. The van der Waals surface area contributed by atoms with Gasteiger partial charge in [0.1, 0.15) is 5.75 Å². The summed E-state index contributed by atoms with van der Waals surface area (Å²) in [5.74, 6) is 0.670. The van der Waals surface area contributed by atoms with E-state index >= 15 is 0 Å². The van der Waals surface area contributed by atoms with Crippen molar-refractivity contribution in [1.82, 2.24) is 4.57 Å². The highest BCUT2D eigenvalue weighted by molar-refractivity contribution is 5.62. The molecule has 21 heavy (non-hydrogen) atoms. The lowest BCUT2D eigenvalue weighted by molar-refractivity contribution is -0.208. The zero-order valence-electron chi connectivity index (χ0n) is 11.7. The van der Waals surface area contributed by atoms with Crippen LogP contribution in [0, 0.1) is 0 Å². The van der Waals surface area contributed by atoms with Crippen molar-refractivity contribution in [2.75, 3.05) is 7.11 Å². The zero-order valence-corrected chi connectivity index (χ0v) is 11.7. The van der Waals surface area contributed by atoms with Crippen molar-refractivity contribution in [2.45, 2.75) is 25.7 Å². The lowest BCUT2D eigenvalue weighted by atomic mass is 10.1. The van der Waals surface area contributed by atoms with Gasteiger partial charge in [-0.3, -0.25) is 0 Å². The summed E-state index contributed by atoms with van der Waals surface area (Å²) in [6.45, 7) is 2.07. The van der Waals surface area contributed by atoms with E-state index < -0.39 is 12.3 Å². The molecular formula is C15H16F3NO2. The van der Waals surface area contributed by atoms with Crippen LogP contribution in [0.1, 0.15) is 18.7 Å². The third-order valence-corrected chi connectivity index (χ3v) is 3.31. The molecule has 2 aromatic rings. The second-order valence-electron chi connectivity index (χ2n) is 4.56. The molecule has 1 aromatic heterocycles. The van der Waals surface area contributed by atoms with E-state index in [1.807, 2.05) is 0 Å². The van der Waals surface area contributed by atoms with Crippen LogP contribution in [0.4, 0.5) is 13.2 Å². The summed E-state index contributed by atoms with van der Waals surface area (Å²) in [7, 11) is 1.54. The van der Waals surface area contributed by atoms with Gasteiger partial charge in [-0.25, -0.2) is 0 Å². The van der Waals surface area contributed by atoms with Crippen LogP contribution < -0.4 is 4.74 Å². The van der Waals surface area contributed by atoms with Gasteiger partial charge in [0, 0.05) is 12.2 Å². The van der Waals surface area contributed by atoms with Crippen molar-refractivity contribution in [3.63, 3.8) is 0 Å². The van der Waals surface area contributed by atoms with Crippen molar-refractivity contribution >= 4 is 0 Å². The van der Waals surface area contributed by atoms with Gasteiger partial charge in [-0.15, -0.1) is 0 Å². The van der Waals surface area contributed by atoms with Crippen molar-refractivity contribution in [2.24, 2.45) is 0 Å². The highest BCUT2D eigenvalue weighted by Crippen LogP contribution is 2.35. The molecule has 0 spiro atoms. The molecule has 0 saturated carbocycles. The van der Waals surface area contributed by atoms with Crippen LogP contribution in [0.2, 0.25) is 0 Å². The molecule has 1 N–H and O–H groups in total. The first kappa shape index (κ1) is 15.4. The summed E-state index contributed by atoms with van der Waals surface area (Å²) in [5.41, 5.74) is 1.23. The maximum Gasteiger partial charge on any atom is 0.420 e. The molecule has 6 heteroatoms. The van der Waals surface area contributed by atoms with Crippen molar-refractivity contribution in [3.8, 4) is 17.0 Å². The van der Waals surface area contributed by atoms with E-state index in [4.69, 9.17) is 4.74 Å². The Bertz CT molecular complexity index is 602. The van der Waals surface area contributed by atoms with Crippen molar-refractivity contribution in [1.29, 1.82) is 0 Å². The van der Waals surface area contributed by atoms with Crippen LogP contribution in [-0.2, 0) is 6.54 Å². The Kier molecular flexibility index (Phi) is 4.27. The Morgan fingerprint density at radius 2 is 1.76 bits per heavy atom. The fourth-order valence-corrected chi connectivity index (χ4v) is 2.26. The van der Waals surface area contributed by atoms with E-state index in [0.717, 1.165) is 5.56 Å². The number of aliphatic hydroxyl groups excluding tert-OH is 1. The minimum Gasteiger partial charge on any atom is -0.497 e. The number of rotatable bonds is 4. The number of hydrogen-bond acceptors (Lipinski definition) is 2. The van der Waals surface area contributed by atoms with E-state index in [1.54, 1.807) is 44.4 Å². The average molecular weight is 299 g/mol. The van der Waals surface area contributed by atoms with Crippen molar-refractivity contribution < 1.29 is 23.0 Å². The summed E-state index contributed by atoms with van der Waals surface area (Å²) in [4.78, 5) is 0. The largest absolute Gasteiger partial charge is 0.497 e. The third kappa shape index (κ3) is 3.05. The number of aromatic nitrogens is 1. The van der Waals surface area contributed by atoms with Crippen LogP contribution in [0.25, 0.3) is 11.3 Å². The Labute approximate surface area is 120 Å². The molecule has 0 radical (unpaired) electrons. The molecule has 0 fully saturated rings. The highest BCUT2D eigenvalue weighted by atomic mass is 19.4. The number of nitrogens with zero attached hydrogens (tertiary/aromatic N) is 1. The summed E-state index contributed by atoms with van der Waals surface area (Å²) in [6.07, 6.45) is -7.16. The Hall–Kier alpha value is -1.95. The molecule has 0 aliphatic rings. The molecule has 1 heterocycles. The highest BCUT2D eigenvalue weighted by Gasteiger charge is 2.41. The molecule has 0 bridgehead atoms. The number of alkyl halides is 3. The number of halogens is 3. The van der Waals surface area contributed by atoms with E-state index in [0.29, 0.717) is 18.0 Å². The predicted molar refractivity (Wildman–Crippen MR) is 73.1 cm³/mol. The molecule has 0 amide bonds. The topological polar surface area (TPSA) is 34.4 Å². The van der Waals surface area contributed by atoms with Crippen LogP contribution in [0.15, 0.2) is 36.4 Å². The fourth-order valence-electron chi connectivity index (χ4n) is 2.26. The van der Waals surface area contributed by atoms with Gasteiger partial charge >= 0.3 is 6.18 Å². The van der Waals surface area contributed by atoms with E-state index in [9.17, 15) is 18.3 Å². The maximum absolute atomic E-state index is 12.7. The second-order valence-corrected chi connectivity index (χ2v) is 4.56. The molecular weight excluding hydrogens is 283 g/mol. The quantitative estimate of drug-likeness (QED) is 0.932. The minimum absolute atomic E-state index is 0.157. The third-order valence-electron chi connectivity index (χ3n) is 3.31. The van der Waals surface area contributed by atoms with Gasteiger partial charge in [-0.1, -0.05) is 0 Å². The van der Waals surface area contributed by atoms with Gasteiger partial charge in [0.25, 0.3) is 0 Å². The molecule has 0 unspecified atom stereocenters. The van der Waals surface area contributed by atoms with Crippen LogP contribution >= 0.6 is 0 Å². The fraction of sp³-hybridized carbons (Fsp3) is 0.333. The van der Waals surface area contributed by atoms with Crippen LogP contribution in [0.3, 0.4) is 0 Å². The van der Waals surface area contributed by atoms with Crippen LogP contribution in [-0.4, -0.2) is 23.0 Å². The van der Waals surface area contributed by atoms with Gasteiger partial charge < -0.3 is 14.4 Å². The first-order valence-electron chi connectivity index (χ1n) is 6.47. The molecule has 1 aromatic carbocycles. The first-order valence-corrected chi connectivity index (χ1v) is 6.47. The number of ether oxygens (including phenoxy) is 1. The standard InChI is InChI=1S/C15H16F3NO2/c1-3-19-12(10-4-6-11(21-2)7-5-10)8-9-13(19)14(20)15(16,17)18/h4-9,14,20H,3H2,1-2H3/t14-/m0/s1. The Morgan fingerprint density at radius 1 is 1.14 bits per heavy atom. The molecule has 0 saturated heterocycles. The van der Waals surface area contributed by atoms with E-state index in [1.165, 1.54) is 10.6 Å². The lowest BCUT2D eigenvalue weighted by Crippen LogP contribution is -2.23. The number of hydrogen-bond donors (Lipinski definition) is 1. The molecule has 1 atom stereocenters. The van der Waals surface area contributed by atoms with Crippen molar-refractivity contribution in [3.05, 3.63) is 42.1 Å². The summed E-state index contributed by atoms with van der Waals surface area (Å²) < 4.78 is 44.6. The average Bonchev–Trinajstić information content (AvgIpc) is 2.89. The van der Waals surface area contributed by atoms with Gasteiger partial charge in [0.05, 0.1) is 12.8 Å². The second kappa shape index (κ2) is 5.81. The normalized spacial score (nSPS) is 13.2. The minimum atomic E-state index is -4.68. The van der Waals surface area contributed by atoms with E-state index in [2.05, 4.69) is 0 Å². The number of benzene rings is 1. The monoisotopic (exact) mass is 299 g/mol. The first-order chi connectivity index (χ1) is 9.88.